The third-order valence-corrected chi connectivity index (χ3v) is 3.63. The fourth-order valence-electron chi connectivity index (χ4n) is 1.94. The maximum atomic E-state index is 10.0. The zero-order chi connectivity index (χ0) is 14.7. The van der Waals surface area contributed by atoms with Gasteiger partial charge in [0, 0.05) is 10.7 Å². The van der Waals surface area contributed by atoms with E-state index in [1.165, 1.54) is 0 Å². The van der Waals surface area contributed by atoms with E-state index in [0.29, 0.717) is 17.3 Å². The Kier molecular flexibility index (Phi) is 4.68. The monoisotopic (exact) mass is 294 g/mol. The van der Waals surface area contributed by atoms with Gasteiger partial charge in [0.05, 0.1) is 12.2 Å². The van der Waals surface area contributed by atoms with Crippen LogP contribution in [0.15, 0.2) is 24.3 Å². The standard InChI is InChI=1S/C15H19ClN2O2/c1-10-11(2)17-18(12(10)3)8-14(19)9-20-15-6-4-13(16)5-7-15/h4-7,14,19H,8-9H2,1-3H3/t14-/m1/s1. The summed E-state index contributed by atoms with van der Waals surface area (Å²) in [5.41, 5.74) is 3.23. The maximum Gasteiger partial charge on any atom is 0.119 e. The van der Waals surface area contributed by atoms with Crippen molar-refractivity contribution in [3.8, 4) is 5.75 Å². The first-order chi connectivity index (χ1) is 9.47. The third-order valence-electron chi connectivity index (χ3n) is 3.38. The van der Waals surface area contributed by atoms with E-state index in [0.717, 1.165) is 17.0 Å². The Morgan fingerprint density at radius 2 is 1.90 bits per heavy atom. The summed E-state index contributed by atoms with van der Waals surface area (Å²) in [6.45, 7) is 6.65. The van der Waals surface area contributed by atoms with Gasteiger partial charge in [-0.05, 0) is 50.6 Å². The molecular weight excluding hydrogens is 276 g/mol. The number of aliphatic hydroxyl groups is 1. The van der Waals surface area contributed by atoms with Gasteiger partial charge >= 0.3 is 0 Å². The Balaban J connectivity index is 1.90. The molecule has 2 rings (SSSR count). The number of rotatable bonds is 5. The lowest BCUT2D eigenvalue weighted by Gasteiger charge is -2.13. The summed E-state index contributed by atoms with van der Waals surface area (Å²) in [6.07, 6.45) is -0.608. The highest BCUT2D eigenvalue weighted by Crippen LogP contribution is 2.16. The summed E-state index contributed by atoms with van der Waals surface area (Å²) in [5.74, 6) is 0.693. The van der Waals surface area contributed by atoms with Gasteiger partial charge in [-0.2, -0.15) is 5.10 Å². The van der Waals surface area contributed by atoms with Crippen LogP contribution in [-0.4, -0.2) is 27.6 Å². The van der Waals surface area contributed by atoms with E-state index in [1.54, 1.807) is 24.3 Å². The molecule has 0 bridgehead atoms. The molecular formula is C15H19ClN2O2. The minimum absolute atomic E-state index is 0.221. The molecule has 1 heterocycles. The van der Waals surface area contributed by atoms with E-state index in [2.05, 4.69) is 5.10 Å². The van der Waals surface area contributed by atoms with Crippen molar-refractivity contribution >= 4 is 11.6 Å². The van der Waals surface area contributed by atoms with E-state index in [-0.39, 0.29) is 6.61 Å². The fraction of sp³-hybridized carbons (Fsp3) is 0.400. The van der Waals surface area contributed by atoms with E-state index in [4.69, 9.17) is 16.3 Å². The van der Waals surface area contributed by atoms with Gasteiger partial charge in [-0.15, -0.1) is 0 Å². The minimum atomic E-state index is -0.608. The molecule has 4 nitrogen and oxygen atoms in total. The van der Waals surface area contributed by atoms with Gasteiger partial charge < -0.3 is 9.84 Å². The van der Waals surface area contributed by atoms with Crippen molar-refractivity contribution < 1.29 is 9.84 Å². The Morgan fingerprint density at radius 3 is 2.45 bits per heavy atom. The third kappa shape index (κ3) is 3.52. The van der Waals surface area contributed by atoms with E-state index in [9.17, 15) is 5.11 Å². The zero-order valence-corrected chi connectivity index (χ0v) is 12.7. The van der Waals surface area contributed by atoms with Gasteiger partial charge in [0.25, 0.3) is 0 Å². The second-order valence-electron chi connectivity index (χ2n) is 4.90. The van der Waals surface area contributed by atoms with Crippen molar-refractivity contribution in [3.63, 3.8) is 0 Å². The molecule has 0 aliphatic heterocycles. The molecule has 20 heavy (non-hydrogen) atoms. The average molecular weight is 295 g/mol. The summed E-state index contributed by atoms with van der Waals surface area (Å²) in [5, 5.41) is 15.1. The molecule has 1 aromatic heterocycles. The molecule has 5 heteroatoms. The van der Waals surface area contributed by atoms with Crippen LogP contribution in [0.1, 0.15) is 17.0 Å². The molecule has 1 N–H and O–H groups in total. The first kappa shape index (κ1) is 14.9. The molecule has 108 valence electrons. The highest BCUT2D eigenvalue weighted by atomic mass is 35.5. The van der Waals surface area contributed by atoms with Crippen molar-refractivity contribution in [2.45, 2.75) is 33.4 Å². The normalized spacial score (nSPS) is 12.4. The van der Waals surface area contributed by atoms with Crippen LogP contribution in [0.5, 0.6) is 5.75 Å². The average Bonchev–Trinajstić information content (AvgIpc) is 2.66. The molecule has 0 aliphatic carbocycles. The van der Waals surface area contributed by atoms with Crippen molar-refractivity contribution in [1.82, 2.24) is 9.78 Å². The lowest BCUT2D eigenvalue weighted by molar-refractivity contribution is 0.0887. The lowest BCUT2D eigenvalue weighted by atomic mass is 10.2. The van der Waals surface area contributed by atoms with Gasteiger partial charge in [0.15, 0.2) is 0 Å². The summed E-state index contributed by atoms with van der Waals surface area (Å²) in [6, 6.07) is 7.08. The number of aryl methyl sites for hydroxylation is 1. The summed E-state index contributed by atoms with van der Waals surface area (Å²) in [4.78, 5) is 0. The topological polar surface area (TPSA) is 47.3 Å². The van der Waals surface area contributed by atoms with Crippen LogP contribution in [0, 0.1) is 20.8 Å². The number of hydrogen-bond donors (Lipinski definition) is 1. The molecule has 1 atom stereocenters. The molecule has 0 aliphatic rings. The maximum absolute atomic E-state index is 10.0. The van der Waals surface area contributed by atoms with Crippen LogP contribution < -0.4 is 4.74 Å². The number of benzene rings is 1. The van der Waals surface area contributed by atoms with E-state index in [1.807, 2.05) is 25.5 Å². The molecule has 2 aromatic rings. The van der Waals surface area contributed by atoms with Gasteiger partial charge in [-0.3, -0.25) is 4.68 Å². The van der Waals surface area contributed by atoms with Crippen LogP contribution in [-0.2, 0) is 6.54 Å². The smallest absolute Gasteiger partial charge is 0.119 e. The lowest BCUT2D eigenvalue weighted by Crippen LogP contribution is -2.24. The number of hydrogen-bond acceptors (Lipinski definition) is 3. The zero-order valence-electron chi connectivity index (χ0n) is 11.9. The molecule has 0 saturated heterocycles. The highest BCUT2D eigenvalue weighted by Gasteiger charge is 2.12. The van der Waals surface area contributed by atoms with Crippen LogP contribution in [0.2, 0.25) is 5.02 Å². The molecule has 0 radical (unpaired) electrons. The number of aliphatic hydroxyl groups excluding tert-OH is 1. The number of nitrogens with zero attached hydrogens (tertiary/aromatic N) is 2. The Morgan fingerprint density at radius 1 is 1.25 bits per heavy atom. The first-order valence-corrected chi connectivity index (χ1v) is 6.92. The molecule has 0 spiro atoms. The van der Waals surface area contributed by atoms with Crippen LogP contribution in [0.25, 0.3) is 0 Å². The van der Waals surface area contributed by atoms with Crippen LogP contribution >= 0.6 is 11.6 Å². The largest absolute Gasteiger partial charge is 0.491 e. The number of aromatic nitrogens is 2. The predicted molar refractivity (Wildman–Crippen MR) is 79.4 cm³/mol. The van der Waals surface area contributed by atoms with Crippen molar-refractivity contribution in [1.29, 1.82) is 0 Å². The second-order valence-corrected chi connectivity index (χ2v) is 5.33. The molecule has 0 amide bonds. The second kappa shape index (κ2) is 6.29. The van der Waals surface area contributed by atoms with E-state index >= 15 is 0 Å². The molecule has 0 saturated carbocycles. The van der Waals surface area contributed by atoms with Crippen molar-refractivity contribution in [2.75, 3.05) is 6.61 Å². The van der Waals surface area contributed by atoms with E-state index < -0.39 is 6.10 Å². The molecule has 1 aromatic carbocycles. The van der Waals surface area contributed by atoms with Gasteiger partial charge in [0.2, 0.25) is 0 Å². The number of halogens is 1. The van der Waals surface area contributed by atoms with Gasteiger partial charge in [-0.1, -0.05) is 11.6 Å². The van der Waals surface area contributed by atoms with Gasteiger partial charge in [-0.25, -0.2) is 0 Å². The van der Waals surface area contributed by atoms with Crippen LogP contribution in [0.3, 0.4) is 0 Å². The summed E-state index contributed by atoms with van der Waals surface area (Å²) < 4.78 is 7.34. The summed E-state index contributed by atoms with van der Waals surface area (Å²) in [7, 11) is 0. The quantitative estimate of drug-likeness (QED) is 0.922. The summed E-state index contributed by atoms with van der Waals surface area (Å²) >= 11 is 5.80. The molecule has 0 fully saturated rings. The predicted octanol–water partition coefficient (Wildman–Crippen LogP) is 2.90. The SMILES string of the molecule is Cc1nn(C[C@@H](O)COc2ccc(Cl)cc2)c(C)c1C. The van der Waals surface area contributed by atoms with Crippen molar-refractivity contribution in [3.05, 3.63) is 46.2 Å². The fourth-order valence-corrected chi connectivity index (χ4v) is 2.07. The first-order valence-electron chi connectivity index (χ1n) is 6.54. The Hall–Kier alpha value is -1.52. The highest BCUT2D eigenvalue weighted by molar-refractivity contribution is 6.30. The van der Waals surface area contributed by atoms with Crippen LogP contribution in [0.4, 0.5) is 0 Å². The van der Waals surface area contributed by atoms with Gasteiger partial charge in [0.1, 0.15) is 18.5 Å². The van der Waals surface area contributed by atoms with Crippen molar-refractivity contribution in [2.24, 2.45) is 0 Å². The minimum Gasteiger partial charge on any atom is -0.491 e. The number of ether oxygens (including phenoxy) is 1. The molecule has 0 unspecified atom stereocenters. The Labute approximate surface area is 123 Å². The Bertz CT molecular complexity index is 578.